The van der Waals surface area contributed by atoms with Crippen LogP contribution in [0.3, 0.4) is 0 Å². The zero-order valence-corrected chi connectivity index (χ0v) is 32.7. The van der Waals surface area contributed by atoms with Crippen molar-refractivity contribution in [1.29, 1.82) is 0 Å². The van der Waals surface area contributed by atoms with Crippen molar-refractivity contribution in [2.75, 3.05) is 0 Å². The average molecular weight is 753 g/mol. The lowest BCUT2D eigenvalue weighted by atomic mass is 9.97. The first-order chi connectivity index (χ1) is 28.3. The molecule has 58 heavy (non-hydrogen) atoms. The van der Waals surface area contributed by atoms with Gasteiger partial charge in [0.15, 0.2) is 0 Å². The second-order valence-electron chi connectivity index (χ2n) is 14.1. The molecule has 8 aromatic rings. The molecular weight excluding hydrogens is 713 g/mol. The summed E-state index contributed by atoms with van der Waals surface area (Å²) in [6.45, 7) is 7.90. The fourth-order valence-electron chi connectivity index (χ4n) is 6.53. The molecule has 0 unspecified atom stereocenters. The number of aryl methyl sites for hydroxylation is 4. The van der Waals surface area contributed by atoms with Gasteiger partial charge < -0.3 is 0 Å². The lowest BCUT2D eigenvalue weighted by molar-refractivity contribution is 1.18. The van der Waals surface area contributed by atoms with Gasteiger partial charge >= 0.3 is 0 Å². The monoisotopic (exact) mass is 752 g/mol. The fraction of sp³-hybridized carbons (Fsp3) is 0.0800. The number of benzene rings is 4. The van der Waals surface area contributed by atoms with Crippen molar-refractivity contribution >= 4 is 58.4 Å². The topological polar surface area (TPSA) is 101 Å². The van der Waals surface area contributed by atoms with Crippen LogP contribution in [0.1, 0.15) is 45.6 Å². The Bertz CT molecular complexity index is 2560. The van der Waals surface area contributed by atoms with Crippen molar-refractivity contribution in [3.8, 4) is 22.3 Å². The summed E-state index contributed by atoms with van der Waals surface area (Å²) < 4.78 is 0. The maximum Gasteiger partial charge on any atom is 0.0815 e. The molecule has 0 bridgehead atoms. The molecule has 0 atom stereocenters. The number of aliphatic imine (C=N–C) groups is 4. The van der Waals surface area contributed by atoms with E-state index in [1.54, 1.807) is 24.9 Å². The molecule has 0 saturated carbocycles. The third-order valence-electron chi connectivity index (χ3n) is 9.34. The molecule has 0 spiro atoms. The van der Waals surface area contributed by atoms with Crippen molar-refractivity contribution in [3.05, 3.63) is 191 Å². The SMILES string of the molecule is Cc1cccc(C=Nc2cc(N=Cc3cccc(C)n3)cc(-c3ccc4cc(-c5cc(N=Cc6cccc(C)n6)cc(N=Cc6cccc(C)n6)c5)ccc4c3)c2)n1. The second kappa shape index (κ2) is 17.1. The number of aromatic nitrogens is 4. The molecule has 0 aliphatic rings. The molecule has 8 nitrogen and oxygen atoms in total. The van der Waals surface area contributed by atoms with E-state index in [2.05, 4.69) is 80.6 Å². The summed E-state index contributed by atoms with van der Waals surface area (Å²) in [4.78, 5) is 37.6. The Labute approximate surface area is 338 Å². The standard InChI is InChI=1S/C50H40N8/c1-33-9-5-13-43(55-33)29-51-47-23-41(24-48(27-47)52-30-44-14-6-10-34(2)56-44)39-19-17-38-22-40(20-18-37(38)21-39)42-25-49(53-31-45-15-7-11-35(3)57-45)28-50(26-42)54-32-46-16-8-12-36(4)58-46/h5-32H,1-4H3. The van der Waals surface area contributed by atoms with Crippen molar-refractivity contribution in [1.82, 2.24) is 19.9 Å². The zero-order valence-electron chi connectivity index (χ0n) is 32.7. The summed E-state index contributed by atoms with van der Waals surface area (Å²) in [5, 5.41) is 2.22. The van der Waals surface area contributed by atoms with Gasteiger partial charge in [-0.15, -0.1) is 0 Å². The van der Waals surface area contributed by atoms with Crippen molar-refractivity contribution in [3.63, 3.8) is 0 Å². The van der Waals surface area contributed by atoms with E-state index in [1.165, 1.54) is 0 Å². The van der Waals surface area contributed by atoms with Crippen LogP contribution in [0.25, 0.3) is 33.0 Å². The van der Waals surface area contributed by atoms with E-state index in [0.29, 0.717) is 0 Å². The first kappa shape index (κ1) is 37.3. The molecule has 0 aliphatic heterocycles. The second-order valence-corrected chi connectivity index (χ2v) is 14.1. The van der Waals surface area contributed by atoms with Gasteiger partial charge in [0.1, 0.15) is 0 Å². The minimum atomic E-state index is 0.776. The first-order valence-corrected chi connectivity index (χ1v) is 19.0. The summed E-state index contributed by atoms with van der Waals surface area (Å²) in [5.41, 5.74) is 14.2. The number of hydrogen-bond acceptors (Lipinski definition) is 8. The number of pyridine rings is 4. The van der Waals surface area contributed by atoms with Crippen LogP contribution in [0.2, 0.25) is 0 Å². The van der Waals surface area contributed by atoms with Gasteiger partial charge in [-0.3, -0.25) is 39.9 Å². The van der Waals surface area contributed by atoms with Gasteiger partial charge in [-0.05, 0) is 158 Å². The maximum atomic E-state index is 4.82. The minimum Gasteiger partial charge on any atom is -0.255 e. The normalized spacial score (nSPS) is 11.9. The quantitative estimate of drug-likeness (QED) is 0.130. The molecule has 280 valence electrons. The summed E-state index contributed by atoms with van der Waals surface area (Å²) in [7, 11) is 0. The Hall–Kier alpha value is -7.58. The lowest BCUT2D eigenvalue weighted by Crippen LogP contribution is -1.89. The van der Waals surface area contributed by atoms with Crippen LogP contribution in [-0.4, -0.2) is 44.8 Å². The van der Waals surface area contributed by atoms with E-state index in [0.717, 1.165) is 101 Å². The number of hydrogen-bond donors (Lipinski definition) is 0. The van der Waals surface area contributed by atoms with Gasteiger partial charge in [-0.1, -0.05) is 48.5 Å². The maximum absolute atomic E-state index is 4.82. The van der Waals surface area contributed by atoms with E-state index in [1.807, 2.05) is 113 Å². The van der Waals surface area contributed by atoms with Gasteiger partial charge in [-0.25, -0.2) is 0 Å². The Morgan fingerprint density at radius 2 is 0.603 bits per heavy atom. The van der Waals surface area contributed by atoms with Crippen LogP contribution in [0.15, 0.2) is 166 Å². The third-order valence-corrected chi connectivity index (χ3v) is 9.34. The van der Waals surface area contributed by atoms with Gasteiger partial charge in [0.05, 0.1) is 70.4 Å². The average Bonchev–Trinajstić information content (AvgIpc) is 3.23. The van der Waals surface area contributed by atoms with Crippen LogP contribution < -0.4 is 0 Å². The summed E-state index contributed by atoms with van der Waals surface area (Å²) in [6.07, 6.45) is 7.17. The van der Waals surface area contributed by atoms with Gasteiger partial charge in [-0.2, -0.15) is 0 Å². The highest BCUT2D eigenvalue weighted by atomic mass is 14.8. The van der Waals surface area contributed by atoms with Gasteiger partial charge in [0.25, 0.3) is 0 Å². The highest BCUT2D eigenvalue weighted by molar-refractivity contribution is 5.93. The van der Waals surface area contributed by atoms with Crippen LogP contribution >= 0.6 is 0 Å². The minimum absolute atomic E-state index is 0.776. The van der Waals surface area contributed by atoms with Crippen LogP contribution in [0.5, 0.6) is 0 Å². The molecule has 0 N–H and O–H groups in total. The molecule has 8 rings (SSSR count). The van der Waals surface area contributed by atoms with Crippen LogP contribution in [0, 0.1) is 27.7 Å². The molecule has 4 heterocycles. The molecule has 0 aliphatic carbocycles. The van der Waals surface area contributed by atoms with Gasteiger partial charge in [0.2, 0.25) is 0 Å². The smallest absolute Gasteiger partial charge is 0.0815 e. The molecule has 4 aromatic heterocycles. The van der Waals surface area contributed by atoms with Crippen LogP contribution in [-0.2, 0) is 0 Å². The first-order valence-electron chi connectivity index (χ1n) is 19.0. The lowest BCUT2D eigenvalue weighted by Gasteiger charge is -2.10. The number of nitrogens with zero attached hydrogens (tertiary/aromatic N) is 8. The Balaban J connectivity index is 1.14. The summed E-state index contributed by atoms with van der Waals surface area (Å²) >= 11 is 0. The number of fused-ring (bicyclic) bond motifs is 1. The molecule has 0 amide bonds. The molecule has 4 aromatic carbocycles. The van der Waals surface area contributed by atoms with E-state index in [9.17, 15) is 0 Å². The van der Waals surface area contributed by atoms with E-state index >= 15 is 0 Å². The largest absolute Gasteiger partial charge is 0.255 e. The Morgan fingerprint density at radius 3 is 0.879 bits per heavy atom. The predicted molar refractivity (Wildman–Crippen MR) is 240 cm³/mol. The highest BCUT2D eigenvalue weighted by Crippen LogP contribution is 2.35. The van der Waals surface area contributed by atoms with E-state index < -0.39 is 0 Å². The third kappa shape index (κ3) is 9.61. The highest BCUT2D eigenvalue weighted by Gasteiger charge is 2.09. The van der Waals surface area contributed by atoms with E-state index in [-0.39, 0.29) is 0 Å². The predicted octanol–water partition coefficient (Wildman–Crippen LogP) is 12.0. The Kier molecular flexibility index (Phi) is 11.0. The summed E-state index contributed by atoms with van der Waals surface area (Å²) in [5.74, 6) is 0. The fourth-order valence-corrected chi connectivity index (χ4v) is 6.53. The zero-order chi connectivity index (χ0) is 39.8. The summed E-state index contributed by atoms with van der Waals surface area (Å²) in [6, 6.07) is 48.9. The molecule has 0 radical (unpaired) electrons. The van der Waals surface area contributed by atoms with Crippen molar-refractivity contribution in [2.45, 2.75) is 27.7 Å². The van der Waals surface area contributed by atoms with E-state index in [4.69, 9.17) is 20.0 Å². The number of rotatable bonds is 10. The molecular formula is C50H40N8. The van der Waals surface area contributed by atoms with Crippen molar-refractivity contribution in [2.24, 2.45) is 20.0 Å². The molecule has 8 heteroatoms. The molecule has 0 saturated heterocycles. The van der Waals surface area contributed by atoms with Crippen molar-refractivity contribution < 1.29 is 0 Å². The van der Waals surface area contributed by atoms with Crippen LogP contribution in [0.4, 0.5) is 22.7 Å². The van der Waals surface area contributed by atoms with Gasteiger partial charge in [0, 0.05) is 22.8 Å². The Morgan fingerprint density at radius 1 is 0.310 bits per heavy atom. The molecule has 0 fully saturated rings.